The highest BCUT2D eigenvalue weighted by Crippen LogP contribution is 2.34. The molecule has 0 N–H and O–H groups in total. The molecule has 3 heterocycles. The zero-order valence-corrected chi connectivity index (χ0v) is 18.0. The molecule has 0 aliphatic carbocycles. The van der Waals surface area contributed by atoms with E-state index in [1.807, 2.05) is 39.0 Å². The van der Waals surface area contributed by atoms with Gasteiger partial charge in [0.05, 0.1) is 21.6 Å². The third-order valence-corrected chi connectivity index (χ3v) is 5.74. The number of nitrogens with zero attached hydrogens (tertiary/aromatic N) is 3. The highest BCUT2D eigenvalue weighted by atomic mass is 32.1. The van der Waals surface area contributed by atoms with Crippen LogP contribution in [0.2, 0.25) is 0 Å². The van der Waals surface area contributed by atoms with Gasteiger partial charge in [-0.15, -0.1) is 11.3 Å². The fourth-order valence-electron chi connectivity index (χ4n) is 3.36. The maximum atomic E-state index is 12.8. The monoisotopic (exact) mass is 407 g/mol. The first-order valence-corrected chi connectivity index (χ1v) is 10.6. The summed E-state index contributed by atoms with van der Waals surface area (Å²) in [5.41, 5.74) is 3.13. The summed E-state index contributed by atoms with van der Waals surface area (Å²) in [5.74, 6) is 0.394. The number of aromatic nitrogens is 2. The SMILES string of the molecule is C[C@H]1CC=C(c2ccc3sc(-c4ccccn4)nc3c2)N(C(=O)OC(C)(C)C)C1. The van der Waals surface area contributed by atoms with Gasteiger partial charge in [0.1, 0.15) is 10.6 Å². The van der Waals surface area contributed by atoms with Gasteiger partial charge in [-0.3, -0.25) is 9.88 Å². The Labute approximate surface area is 175 Å². The molecule has 0 fully saturated rings. The van der Waals surface area contributed by atoms with E-state index in [1.54, 1.807) is 22.4 Å². The van der Waals surface area contributed by atoms with Crippen LogP contribution in [-0.2, 0) is 4.74 Å². The smallest absolute Gasteiger partial charge is 0.414 e. The predicted octanol–water partition coefficient (Wildman–Crippen LogP) is 5.98. The van der Waals surface area contributed by atoms with Gasteiger partial charge in [0.15, 0.2) is 0 Å². The largest absolute Gasteiger partial charge is 0.443 e. The molecule has 150 valence electrons. The number of pyridine rings is 1. The number of carbonyl (C=O) groups excluding carboxylic acids is 1. The highest BCUT2D eigenvalue weighted by Gasteiger charge is 2.29. The summed E-state index contributed by atoms with van der Waals surface area (Å²) in [5, 5.41) is 0.896. The lowest BCUT2D eigenvalue weighted by Gasteiger charge is -2.33. The van der Waals surface area contributed by atoms with Crippen molar-refractivity contribution in [3.63, 3.8) is 0 Å². The van der Waals surface area contributed by atoms with Crippen LogP contribution in [0.25, 0.3) is 26.6 Å². The lowest BCUT2D eigenvalue weighted by Crippen LogP contribution is -2.39. The Hall–Kier alpha value is -2.73. The Kier molecular flexibility index (Phi) is 5.13. The molecule has 5 nitrogen and oxygen atoms in total. The number of hydrogen-bond acceptors (Lipinski definition) is 5. The number of amides is 1. The quantitative estimate of drug-likeness (QED) is 0.525. The van der Waals surface area contributed by atoms with E-state index >= 15 is 0 Å². The standard InChI is InChI=1S/C23H25N3O2S/c1-15-8-10-19(26(14-15)22(27)28-23(2,3)4)16-9-11-20-18(13-16)25-21(29-20)17-7-5-6-12-24-17/h5-7,9-13,15H,8,14H2,1-4H3/t15-/m0/s1. The van der Waals surface area contributed by atoms with Gasteiger partial charge in [0.25, 0.3) is 0 Å². The Bertz CT molecular complexity index is 1070. The van der Waals surface area contributed by atoms with E-state index in [4.69, 9.17) is 9.72 Å². The van der Waals surface area contributed by atoms with E-state index in [-0.39, 0.29) is 6.09 Å². The average molecular weight is 408 g/mol. The van der Waals surface area contributed by atoms with Crippen LogP contribution in [0, 0.1) is 5.92 Å². The summed E-state index contributed by atoms with van der Waals surface area (Å²) in [6.45, 7) is 8.47. The lowest BCUT2D eigenvalue weighted by atomic mass is 9.98. The maximum Gasteiger partial charge on any atom is 0.414 e. The lowest BCUT2D eigenvalue weighted by molar-refractivity contribution is 0.0327. The van der Waals surface area contributed by atoms with Gasteiger partial charge in [0, 0.05) is 18.3 Å². The second kappa shape index (κ2) is 7.59. The van der Waals surface area contributed by atoms with Crippen molar-refractivity contribution in [2.75, 3.05) is 6.54 Å². The van der Waals surface area contributed by atoms with Gasteiger partial charge >= 0.3 is 6.09 Å². The van der Waals surface area contributed by atoms with Crippen molar-refractivity contribution in [2.24, 2.45) is 5.92 Å². The minimum absolute atomic E-state index is 0.303. The van der Waals surface area contributed by atoms with E-state index in [2.05, 4.69) is 36.2 Å². The number of rotatable bonds is 2. The maximum absolute atomic E-state index is 12.8. The van der Waals surface area contributed by atoms with Crippen molar-refractivity contribution in [3.05, 3.63) is 54.2 Å². The molecule has 0 spiro atoms. The van der Waals surface area contributed by atoms with Crippen LogP contribution in [0.1, 0.15) is 39.7 Å². The summed E-state index contributed by atoms with van der Waals surface area (Å²) in [6, 6.07) is 12.0. The Balaban J connectivity index is 1.69. The van der Waals surface area contributed by atoms with E-state index in [0.717, 1.165) is 38.6 Å². The van der Waals surface area contributed by atoms with Crippen molar-refractivity contribution in [3.8, 4) is 10.7 Å². The van der Waals surface area contributed by atoms with E-state index in [1.165, 1.54) is 0 Å². The zero-order valence-electron chi connectivity index (χ0n) is 17.2. The molecule has 0 radical (unpaired) electrons. The van der Waals surface area contributed by atoms with Gasteiger partial charge in [-0.2, -0.15) is 0 Å². The number of hydrogen-bond donors (Lipinski definition) is 0. The fraction of sp³-hybridized carbons (Fsp3) is 0.348. The number of carbonyl (C=O) groups is 1. The van der Waals surface area contributed by atoms with Gasteiger partial charge in [-0.1, -0.05) is 25.1 Å². The molecule has 0 bridgehead atoms. The minimum Gasteiger partial charge on any atom is -0.443 e. The fourth-order valence-corrected chi connectivity index (χ4v) is 4.28. The first-order valence-electron chi connectivity index (χ1n) is 9.83. The summed E-state index contributed by atoms with van der Waals surface area (Å²) in [7, 11) is 0. The molecular weight excluding hydrogens is 382 g/mol. The molecule has 6 heteroatoms. The Morgan fingerprint density at radius 1 is 1.24 bits per heavy atom. The predicted molar refractivity (Wildman–Crippen MR) is 118 cm³/mol. The third-order valence-electron chi connectivity index (χ3n) is 4.68. The number of thiazole rings is 1. The normalized spacial score (nSPS) is 17.3. The van der Waals surface area contributed by atoms with Crippen LogP contribution in [0.5, 0.6) is 0 Å². The van der Waals surface area contributed by atoms with Crippen LogP contribution in [0.4, 0.5) is 4.79 Å². The van der Waals surface area contributed by atoms with Crippen LogP contribution < -0.4 is 0 Å². The average Bonchev–Trinajstić information content (AvgIpc) is 3.10. The summed E-state index contributed by atoms with van der Waals surface area (Å²) < 4.78 is 6.75. The number of benzene rings is 1. The number of allylic oxidation sites excluding steroid dienone is 1. The van der Waals surface area contributed by atoms with Crippen LogP contribution >= 0.6 is 11.3 Å². The molecule has 1 aliphatic rings. The van der Waals surface area contributed by atoms with E-state index < -0.39 is 5.60 Å². The third kappa shape index (κ3) is 4.32. The molecule has 2 aromatic heterocycles. The molecule has 4 rings (SSSR count). The van der Waals surface area contributed by atoms with Gasteiger partial charge in [-0.25, -0.2) is 9.78 Å². The second-order valence-electron chi connectivity index (χ2n) is 8.44. The Morgan fingerprint density at radius 3 is 2.79 bits per heavy atom. The molecule has 0 saturated heterocycles. The number of ether oxygens (including phenoxy) is 1. The summed E-state index contributed by atoms with van der Waals surface area (Å²) >= 11 is 1.62. The van der Waals surface area contributed by atoms with Crippen molar-refractivity contribution in [1.82, 2.24) is 14.9 Å². The molecule has 29 heavy (non-hydrogen) atoms. The van der Waals surface area contributed by atoms with Gasteiger partial charge in [0.2, 0.25) is 0 Å². The molecule has 1 aliphatic heterocycles. The van der Waals surface area contributed by atoms with Crippen molar-refractivity contribution < 1.29 is 9.53 Å². The molecule has 0 unspecified atom stereocenters. The van der Waals surface area contributed by atoms with E-state index in [9.17, 15) is 4.79 Å². The Morgan fingerprint density at radius 2 is 2.07 bits per heavy atom. The second-order valence-corrected chi connectivity index (χ2v) is 9.47. The topological polar surface area (TPSA) is 55.3 Å². The van der Waals surface area contributed by atoms with E-state index in [0.29, 0.717) is 12.5 Å². The molecule has 1 amide bonds. The van der Waals surface area contributed by atoms with Crippen molar-refractivity contribution in [2.45, 2.75) is 39.7 Å². The van der Waals surface area contributed by atoms with Gasteiger partial charge in [-0.05, 0) is 57.4 Å². The van der Waals surface area contributed by atoms with Crippen molar-refractivity contribution >= 4 is 33.3 Å². The zero-order chi connectivity index (χ0) is 20.6. The summed E-state index contributed by atoms with van der Waals surface area (Å²) in [6.07, 6.45) is 4.54. The first-order chi connectivity index (χ1) is 13.8. The molecule has 0 saturated carbocycles. The molecular formula is C23H25N3O2S. The summed E-state index contributed by atoms with van der Waals surface area (Å²) in [4.78, 5) is 23.8. The van der Waals surface area contributed by atoms with Crippen LogP contribution in [-0.4, -0.2) is 33.1 Å². The molecule has 1 aromatic carbocycles. The van der Waals surface area contributed by atoms with Gasteiger partial charge < -0.3 is 4.74 Å². The number of fused-ring (bicyclic) bond motifs is 1. The molecule has 3 aromatic rings. The first kappa shape index (κ1) is 19.6. The highest BCUT2D eigenvalue weighted by molar-refractivity contribution is 7.21. The van der Waals surface area contributed by atoms with Crippen molar-refractivity contribution in [1.29, 1.82) is 0 Å². The van der Waals surface area contributed by atoms with Crippen LogP contribution in [0.3, 0.4) is 0 Å². The minimum atomic E-state index is -0.528. The van der Waals surface area contributed by atoms with Crippen LogP contribution in [0.15, 0.2) is 48.7 Å². The molecule has 1 atom stereocenters.